The summed E-state index contributed by atoms with van der Waals surface area (Å²) in [6.07, 6.45) is 4.74. The number of hydrogen-bond donors (Lipinski definition) is 1. The zero-order chi connectivity index (χ0) is 29.2. The first-order valence-electron chi connectivity index (χ1n) is 15.6. The number of ether oxygens (including phenoxy) is 2. The first-order chi connectivity index (χ1) is 20.2. The molecular formula is C35H40N2O5. The number of nitrogens with zero attached hydrogens (tertiary/aromatic N) is 2. The lowest BCUT2D eigenvalue weighted by Gasteiger charge is -2.64. The third-order valence-corrected chi connectivity index (χ3v) is 10.3. The molecule has 1 N–H and O–H groups in total. The van der Waals surface area contributed by atoms with Crippen molar-refractivity contribution >= 4 is 11.9 Å². The lowest BCUT2D eigenvalue weighted by atomic mass is 9.48. The smallest absolute Gasteiger partial charge is 0.308 e. The number of esters is 1. The molecule has 7 heteroatoms. The highest BCUT2D eigenvalue weighted by atomic mass is 16.6. The summed E-state index contributed by atoms with van der Waals surface area (Å²) in [5.74, 6) is 7.26. The highest BCUT2D eigenvalue weighted by molar-refractivity contribution is 5.94. The van der Waals surface area contributed by atoms with Gasteiger partial charge in [-0.15, -0.1) is 0 Å². The van der Waals surface area contributed by atoms with Gasteiger partial charge >= 0.3 is 5.97 Å². The summed E-state index contributed by atoms with van der Waals surface area (Å²) in [5.41, 5.74) is 1.25. The minimum Gasteiger partial charge on any atom is -0.483 e. The van der Waals surface area contributed by atoms with Crippen molar-refractivity contribution in [3.05, 3.63) is 59.2 Å². The van der Waals surface area contributed by atoms with E-state index in [0.717, 1.165) is 48.5 Å². The minimum absolute atomic E-state index is 0.0101. The van der Waals surface area contributed by atoms with Gasteiger partial charge in [-0.25, -0.2) is 0 Å². The Hall–Kier alpha value is -3.34. The number of likely N-dealkylation sites (tertiary alicyclic amines) is 1. The summed E-state index contributed by atoms with van der Waals surface area (Å²) in [6.45, 7) is 8.05. The van der Waals surface area contributed by atoms with Gasteiger partial charge in [-0.05, 0) is 80.7 Å². The van der Waals surface area contributed by atoms with E-state index in [1.54, 1.807) is 0 Å². The highest BCUT2D eigenvalue weighted by Crippen LogP contribution is 2.66. The van der Waals surface area contributed by atoms with Crippen molar-refractivity contribution in [3.63, 3.8) is 0 Å². The molecule has 1 spiro atoms. The second kappa shape index (κ2) is 10.1. The average Bonchev–Trinajstić information content (AvgIpc) is 3.70. The largest absolute Gasteiger partial charge is 0.483 e. The number of piperidine rings is 1. The zero-order valence-electron chi connectivity index (χ0n) is 24.8. The molecule has 2 heterocycles. The molecule has 3 aliphatic carbocycles. The van der Waals surface area contributed by atoms with Crippen molar-refractivity contribution in [2.45, 2.75) is 88.5 Å². The standard InChI is InChI=1S/C35H40N2O5/c1-22(2)20-37(30(39)14-11-24-7-5-4-6-8-24)27-15-16-35(40)29-19-26-12-13-28(41-23(3)38)32-31(26)34(35,33(27)42-32)17-18-36(29)21-25-9-10-25/h4-8,12-13,22,25,27,29,33,40H,9-10,15-21H2,1-3H3/t27-,29+,33-,34-,35+/m0/s1. The van der Waals surface area contributed by atoms with Gasteiger partial charge < -0.3 is 19.5 Å². The Morgan fingerprint density at radius 2 is 1.93 bits per heavy atom. The molecule has 7 rings (SSSR count). The average molecular weight is 569 g/mol. The van der Waals surface area contributed by atoms with Gasteiger partial charge in [-0.1, -0.05) is 44.0 Å². The molecule has 1 saturated heterocycles. The Kier molecular flexibility index (Phi) is 6.64. The van der Waals surface area contributed by atoms with Gasteiger partial charge in [0.15, 0.2) is 11.5 Å². The molecule has 2 aromatic rings. The van der Waals surface area contributed by atoms with Crippen LogP contribution < -0.4 is 9.47 Å². The van der Waals surface area contributed by atoms with E-state index in [1.165, 1.54) is 19.8 Å². The van der Waals surface area contributed by atoms with Gasteiger partial charge in [-0.2, -0.15) is 0 Å². The number of carbonyl (C=O) groups is 2. The summed E-state index contributed by atoms with van der Waals surface area (Å²) in [4.78, 5) is 30.4. The Balaban J connectivity index is 1.32. The van der Waals surface area contributed by atoms with E-state index in [0.29, 0.717) is 30.9 Å². The molecule has 0 radical (unpaired) electrons. The second-order valence-electron chi connectivity index (χ2n) is 13.4. The summed E-state index contributed by atoms with van der Waals surface area (Å²) in [7, 11) is 0. The molecule has 2 bridgehead atoms. The van der Waals surface area contributed by atoms with Crippen molar-refractivity contribution < 1.29 is 24.2 Å². The maximum Gasteiger partial charge on any atom is 0.308 e. The summed E-state index contributed by atoms with van der Waals surface area (Å²) < 4.78 is 12.6. The van der Waals surface area contributed by atoms with Crippen molar-refractivity contribution in [2.75, 3.05) is 19.6 Å². The van der Waals surface area contributed by atoms with Crippen molar-refractivity contribution in [1.29, 1.82) is 0 Å². The van der Waals surface area contributed by atoms with E-state index in [1.807, 2.05) is 41.3 Å². The lowest BCUT2D eigenvalue weighted by molar-refractivity contribution is -0.201. The Bertz CT molecular complexity index is 1470. The first-order valence-corrected chi connectivity index (χ1v) is 15.6. The molecule has 2 aromatic carbocycles. The van der Waals surface area contributed by atoms with Crippen LogP contribution in [0.25, 0.3) is 0 Å². The van der Waals surface area contributed by atoms with Crippen LogP contribution in [0.5, 0.6) is 11.5 Å². The van der Waals surface area contributed by atoms with Gasteiger partial charge in [0.05, 0.1) is 17.1 Å². The Morgan fingerprint density at radius 1 is 1.14 bits per heavy atom. The molecule has 1 amide bonds. The molecule has 220 valence electrons. The van der Waals surface area contributed by atoms with Crippen LogP contribution in [0.2, 0.25) is 0 Å². The van der Waals surface area contributed by atoms with Gasteiger partial charge in [0, 0.05) is 43.1 Å². The highest BCUT2D eigenvalue weighted by Gasteiger charge is 2.73. The van der Waals surface area contributed by atoms with Crippen LogP contribution in [0.4, 0.5) is 0 Å². The zero-order valence-corrected chi connectivity index (χ0v) is 24.8. The monoisotopic (exact) mass is 568 g/mol. The number of aliphatic hydroxyl groups is 1. The van der Waals surface area contributed by atoms with Crippen LogP contribution >= 0.6 is 0 Å². The maximum absolute atomic E-state index is 13.9. The molecular weight excluding hydrogens is 528 g/mol. The normalized spacial score (nSPS) is 30.5. The fourth-order valence-corrected chi connectivity index (χ4v) is 8.48. The number of carbonyl (C=O) groups excluding carboxylic acids is 2. The maximum atomic E-state index is 13.9. The van der Waals surface area contributed by atoms with E-state index in [2.05, 4.69) is 36.7 Å². The Morgan fingerprint density at radius 3 is 2.64 bits per heavy atom. The van der Waals surface area contributed by atoms with E-state index < -0.39 is 23.1 Å². The number of amides is 1. The molecule has 5 aliphatic rings. The molecule has 7 nitrogen and oxygen atoms in total. The summed E-state index contributed by atoms with van der Waals surface area (Å²) in [6, 6.07) is 13.2. The SMILES string of the molecule is CC(=O)Oc1ccc2c3c1O[C@H]1[C@@H](N(CC(C)C)C(=O)C#Cc4ccccc4)CC[C@@]4(O)[C@@H](C2)N(CC2CC2)CC[C@]314. The number of hydrogen-bond acceptors (Lipinski definition) is 6. The van der Waals surface area contributed by atoms with Gasteiger partial charge in [0.2, 0.25) is 0 Å². The van der Waals surface area contributed by atoms with Crippen LogP contribution in [-0.4, -0.2) is 70.2 Å². The lowest BCUT2D eigenvalue weighted by Crippen LogP contribution is -2.78. The molecule has 2 saturated carbocycles. The summed E-state index contributed by atoms with van der Waals surface area (Å²) >= 11 is 0. The van der Waals surface area contributed by atoms with Gasteiger partial charge in [0.1, 0.15) is 6.10 Å². The predicted octanol–water partition coefficient (Wildman–Crippen LogP) is 4.08. The topological polar surface area (TPSA) is 79.3 Å². The fraction of sp³-hybridized carbons (Fsp3) is 0.543. The second-order valence-corrected chi connectivity index (χ2v) is 13.4. The van der Waals surface area contributed by atoms with Crippen molar-refractivity contribution in [2.24, 2.45) is 11.8 Å². The van der Waals surface area contributed by atoms with Gasteiger partial charge in [-0.3, -0.25) is 14.5 Å². The molecule has 42 heavy (non-hydrogen) atoms. The minimum atomic E-state index is -1.00. The molecule has 0 unspecified atom stereocenters. The molecule has 5 atom stereocenters. The van der Waals surface area contributed by atoms with E-state index in [4.69, 9.17) is 9.47 Å². The fourth-order valence-electron chi connectivity index (χ4n) is 8.48. The molecule has 0 aromatic heterocycles. The predicted molar refractivity (Wildman–Crippen MR) is 158 cm³/mol. The quantitative estimate of drug-likeness (QED) is 0.322. The van der Waals surface area contributed by atoms with E-state index in [-0.39, 0.29) is 23.9 Å². The number of benzene rings is 2. The van der Waals surface area contributed by atoms with Crippen LogP contribution in [0.15, 0.2) is 42.5 Å². The van der Waals surface area contributed by atoms with Crippen LogP contribution in [0.3, 0.4) is 0 Å². The van der Waals surface area contributed by atoms with Gasteiger partial charge in [0.25, 0.3) is 5.91 Å². The molecule has 2 aliphatic heterocycles. The third-order valence-electron chi connectivity index (χ3n) is 10.3. The Labute approximate surface area is 248 Å². The van der Waals surface area contributed by atoms with Crippen LogP contribution in [0.1, 0.15) is 69.6 Å². The summed E-state index contributed by atoms with van der Waals surface area (Å²) in [5, 5.41) is 12.9. The van der Waals surface area contributed by atoms with Crippen LogP contribution in [0, 0.1) is 23.7 Å². The van der Waals surface area contributed by atoms with E-state index >= 15 is 0 Å². The third kappa shape index (κ3) is 4.26. The number of rotatable bonds is 6. The first kappa shape index (κ1) is 27.5. The van der Waals surface area contributed by atoms with Crippen molar-refractivity contribution in [3.8, 4) is 23.3 Å². The van der Waals surface area contributed by atoms with Crippen LogP contribution in [-0.2, 0) is 21.4 Å². The molecule has 3 fully saturated rings. The van der Waals surface area contributed by atoms with Crippen molar-refractivity contribution in [1.82, 2.24) is 9.80 Å². The van der Waals surface area contributed by atoms with E-state index in [9.17, 15) is 14.7 Å².